The molecule has 144 valence electrons. The molecule has 0 saturated carbocycles. The van der Waals surface area contributed by atoms with Crippen molar-refractivity contribution in [1.82, 2.24) is 20.2 Å². The first-order valence-electron chi connectivity index (χ1n) is 8.97. The Bertz CT molecular complexity index is 966. The van der Waals surface area contributed by atoms with Crippen LogP contribution in [0.25, 0.3) is 11.4 Å². The van der Waals surface area contributed by atoms with Gasteiger partial charge in [0.05, 0.1) is 12.2 Å². The van der Waals surface area contributed by atoms with Crippen LogP contribution in [-0.2, 0) is 16.1 Å². The molecule has 0 aliphatic rings. The van der Waals surface area contributed by atoms with E-state index < -0.39 is 0 Å². The third-order valence-corrected chi connectivity index (χ3v) is 3.97. The van der Waals surface area contributed by atoms with Crippen molar-refractivity contribution in [3.63, 3.8) is 0 Å². The number of aryl methyl sites for hydroxylation is 1. The Balaban J connectivity index is 1.59. The SMILES string of the molecule is CCCOC(=O)c1ccc(NC(=O)Cn2nnc(-c3ccccc3C)n2)cc1. The maximum atomic E-state index is 12.2. The zero-order valence-corrected chi connectivity index (χ0v) is 15.8. The van der Waals surface area contributed by atoms with E-state index in [0.717, 1.165) is 17.5 Å². The summed E-state index contributed by atoms with van der Waals surface area (Å²) < 4.78 is 5.07. The second kappa shape index (κ2) is 8.90. The fourth-order valence-electron chi connectivity index (χ4n) is 2.54. The fourth-order valence-corrected chi connectivity index (χ4v) is 2.54. The molecule has 1 amide bonds. The summed E-state index contributed by atoms with van der Waals surface area (Å²) in [6.45, 7) is 4.20. The Morgan fingerprint density at radius 3 is 2.57 bits per heavy atom. The lowest BCUT2D eigenvalue weighted by Crippen LogP contribution is -2.20. The molecule has 3 aromatic rings. The van der Waals surface area contributed by atoms with Crippen molar-refractivity contribution in [1.29, 1.82) is 0 Å². The van der Waals surface area contributed by atoms with E-state index in [-0.39, 0.29) is 18.4 Å². The largest absolute Gasteiger partial charge is 0.462 e. The predicted octanol–water partition coefficient (Wildman–Crippen LogP) is 2.85. The van der Waals surface area contributed by atoms with Crippen LogP contribution in [0.4, 0.5) is 5.69 Å². The molecule has 0 fully saturated rings. The van der Waals surface area contributed by atoms with Gasteiger partial charge in [0.2, 0.25) is 11.7 Å². The van der Waals surface area contributed by atoms with Crippen LogP contribution in [0.2, 0.25) is 0 Å². The van der Waals surface area contributed by atoms with Gasteiger partial charge in [0.1, 0.15) is 6.54 Å². The van der Waals surface area contributed by atoms with Gasteiger partial charge >= 0.3 is 5.97 Å². The molecule has 28 heavy (non-hydrogen) atoms. The molecule has 2 aromatic carbocycles. The van der Waals surface area contributed by atoms with Gasteiger partial charge in [0, 0.05) is 11.3 Å². The van der Waals surface area contributed by atoms with Crippen molar-refractivity contribution in [2.45, 2.75) is 26.8 Å². The third kappa shape index (κ3) is 4.79. The van der Waals surface area contributed by atoms with E-state index in [2.05, 4.69) is 20.7 Å². The van der Waals surface area contributed by atoms with Crippen LogP contribution in [0, 0.1) is 6.92 Å². The molecule has 0 atom stereocenters. The second-order valence-electron chi connectivity index (χ2n) is 6.22. The lowest BCUT2D eigenvalue weighted by atomic mass is 10.1. The number of rotatable bonds is 7. The number of ether oxygens (including phenoxy) is 1. The maximum absolute atomic E-state index is 12.2. The predicted molar refractivity (Wildman–Crippen MR) is 104 cm³/mol. The van der Waals surface area contributed by atoms with Gasteiger partial charge in [-0.15, -0.1) is 10.2 Å². The zero-order chi connectivity index (χ0) is 19.9. The molecular weight excluding hydrogens is 358 g/mol. The molecule has 0 bridgehead atoms. The Morgan fingerprint density at radius 2 is 1.86 bits per heavy atom. The van der Waals surface area contributed by atoms with Gasteiger partial charge in [-0.05, 0) is 48.4 Å². The van der Waals surface area contributed by atoms with Crippen LogP contribution < -0.4 is 5.32 Å². The van der Waals surface area contributed by atoms with Crippen molar-refractivity contribution in [3.05, 3.63) is 59.7 Å². The quantitative estimate of drug-likeness (QED) is 0.634. The van der Waals surface area contributed by atoms with E-state index in [1.54, 1.807) is 24.3 Å². The summed E-state index contributed by atoms with van der Waals surface area (Å²) >= 11 is 0. The smallest absolute Gasteiger partial charge is 0.338 e. The number of benzene rings is 2. The lowest BCUT2D eigenvalue weighted by molar-refractivity contribution is -0.117. The highest BCUT2D eigenvalue weighted by molar-refractivity contribution is 5.92. The number of amides is 1. The van der Waals surface area contributed by atoms with Gasteiger partial charge in [0.15, 0.2) is 0 Å². The summed E-state index contributed by atoms with van der Waals surface area (Å²) in [6.07, 6.45) is 0.766. The van der Waals surface area contributed by atoms with Crippen molar-refractivity contribution >= 4 is 17.6 Å². The van der Waals surface area contributed by atoms with Gasteiger partial charge in [-0.25, -0.2) is 4.79 Å². The van der Waals surface area contributed by atoms with Crippen LogP contribution in [0.15, 0.2) is 48.5 Å². The molecule has 0 saturated heterocycles. The molecule has 3 rings (SSSR count). The monoisotopic (exact) mass is 379 g/mol. The van der Waals surface area contributed by atoms with Crippen LogP contribution in [-0.4, -0.2) is 38.7 Å². The van der Waals surface area contributed by atoms with E-state index in [1.165, 1.54) is 4.80 Å². The molecule has 0 radical (unpaired) electrons. The summed E-state index contributed by atoms with van der Waals surface area (Å²) in [7, 11) is 0. The second-order valence-corrected chi connectivity index (χ2v) is 6.22. The van der Waals surface area contributed by atoms with Crippen LogP contribution in [0.1, 0.15) is 29.3 Å². The fraction of sp³-hybridized carbons (Fsp3) is 0.250. The summed E-state index contributed by atoms with van der Waals surface area (Å²) in [5.74, 6) is -0.203. The number of hydrogen-bond acceptors (Lipinski definition) is 6. The highest BCUT2D eigenvalue weighted by Gasteiger charge is 2.12. The summed E-state index contributed by atoms with van der Waals surface area (Å²) in [5, 5.41) is 14.9. The van der Waals surface area contributed by atoms with Crippen molar-refractivity contribution in [3.8, 4) is 11.4 Å². The lowest BCUT2D eigenvalue weighted by Gasteiger charge is -2.06. The molecule has 1 N–H and O–H groups in total. The first-order valence-corrected chi connectivity index (χ1v) is 8.97. The first kappa shape index (κ1) is 19.2. The summed E-state index contributed by atoms with van der Waals surface area (Å²) in [6, 6.07) is 14.2. The number of carbonyl (C=O) groups excluding carboxylic acids is 2. The van der Waals surface area contributed by atoms with Gasteiger partial charge in [-0.3, -0.25) is 4.79 Å². The van der Waals surface area contributed by atoms with Crippen LogP contribution in [0.3, 0.4) is 0 Å². The maximum Gasteiger partial charge on any atom is 0.338 e. The zero-order valence-electron chi connectivity index (χ0n) is 15.8. The molecule has 1 aromatic heterocycles. The van der Waals surface area contributed by atoms with Crippen molar-refractivity contribution < 1.29 is 14.3 Å². The van der Waals surface area contributed by atoms with E-state index in [9.17, 15) is 9.59 Å². The van der Waals surface area contributed by atoms with Gasteiger partial charge in [0.25, 0.3) is 0 Å². The molecule has 8 heteroatoms. The molecule has 0 unspecified atom stereocenters. The van der Waals surface area contributed by atoms with Crippen molar-refractivity contribution in [2.75, 3.05) is 11.9 Å². The average Bonchev–Trinajstić information content (AvgIpc) is 3.15. The first-order chi connectivity index (χ1) is 13.6. The number of aromatic nitrogens is 4. The molecule has 8 nitrogen and oxygen atoms in total. The highest BCUT2D eigenvalue weighted by atomic mass is 16.5. The molecular formula is C20H21N5O3. The average molecular weight is 379 g/mol. The number of anilines is 1. The van der Waals surface area contributed by atoms with Gasteiger partial charge < -0.3 is 10.1 Å². The topological polar surface area (TPSA) is 99.0 Å². The molecule has 0 spiro atoms. The van der Waals surface area contributed by atoms with E-state index in [1.807, 2.05) is 38.1 Å². The number of hydrogen-bond donors (Lipinski definition) is 1. The Hall–Kier alpha value is -3.55. The Labute approximate surface area is 162 Å². The molecule has 0 aliphatic heterocycles. The minimum atomic E-state index is -0.379. The molecule has 0 aliphatic carbocycles. The Morgan fingerprint density at radius 1 is 1.11 bits per heavy atom. The molecule has 1 heterocycles. The number of esters is 1. The normalized spacial score (nSPS) is 10.5. The minimum absolute atomic E-state index is 0.0703. The van der Waals surface area contributed by atoms with Gasteiger partial charge in [-0.1, -0.05) is 31.2 Å². The number of nitrogens with zero attached hydrogens (tertiary/aromatic N) is 4. The van der Waals surface area contributed by atoms with Crippen LogP contribution >= 0.6 is 0 Å². The van der Waals surface area contributed by atoms with Gasteiger partial charge in [-0.2, -0.15) is 4.80 Å². The third-order valence-electron chi connectivity index (χ3n) is 3.97. The summed E-state index contributed by atoms with van der Waals surface area (Å²) in [5.41, 5.74) is 2.91. The number of tetrazole rings is 1. The summed E-state index contributed by atoms with van der Waals surface area (Å²) in [4.78, 5) is 25.3. The van der Waals surface area contributed by atoms with Crippen LogP contribution in [0.5, 0.6) is 0 Å². The standard InChI is InChI=1S/C20H21N5O3/c1-3-12-28-20(27)15-8-10-16(11-9-15)21-18(26)13-25-23-19(22-24-25)17-7-5-4-6-14(17)2/h4-11H,3,12-13H2,1-2H3,(H,21,26). The van der Waals surface area contributed by atoms with E-state index in [4.69, 9.17) is 4.74 Å². The van der Waals surface area contributed by atoms with E-state index in [0.29, 0.717) is 23.7 Å². The van der Waals surface area contributed by atoms with Crippen molar-refractivity contribution in [2.24, 2.45) is 0 Å². The van der Waals surface area contributed by atoms with E-state index >= 15 is 0 Å². The minimum Gasteiger partial charge on any atom is -0.462 e. The Kier molecular flexibility index (Phi) is 6.11. The number of carbonyl (C=O) groups is 2. The number of nitrogens with one attached hydrogen (secondary N) is 1. The highest BCUT2D eigenvalue weighted by Crippen LogP contribution is 2.17.